The summed E-state index contributed by atoms with van der Waals surface area (Å²) < 4.78 is 13.2. The maximum absolute atomic E-state index is 13.3. The molecule has 0 spiro atoms. The average molecular weight is 453 g/mol. The highest BCUT2D eigenvalue weighted by Crippen LogP contribution is 2.27. The summed E-state index contributed by atoms with van der Waals surface area (Å²) >= 11 is 12.7. The Balaban J connectivity index is 2.35. The molecule has 0 unspecified atom stereocenters. The summed E-state index contributed by atoms with van der Waals surface area (Å²) in [5, 5.41) is 3.81. The van der Waals surface area contributed by atoms with Crippen molar-refractivity contribution in [2.45, 2.75) is 58.7 Å². The summed E-state index contributed by atoms with van der Waals surface area (Å²) in [5.74, 6) is -0.850. The summed E-state index contributed by atoms with van der Waals surface area (Å²) in [6.45, 7) is 5.85. The lowest BCUT2D eigenvalue weighted by molar-refractivity contribution is -0.141. The van der Waals surface area contributed by atoms with Crippen molar-refractivity contribution < 1.29 is 14.0 Å². The normalized spacial score (nSPS) is 12.9. The lowest BCUT2D eigenvalue weighted by Gasteiger charge is -2.32. The summed E-state index contributed by atoms with van der Waals surface area (Å²) in [5.41, 5.74) is 1.25. The lowest BCUT2D eigenvalue weighted by atomic mass is 10.1. The van der Waals surface area contributed by atoms with Gasteiger partial charge in [0.25, 0.3) is 0 Å². The van der Waals surface area contributed by atoms with Crippen LogP contribution in [-0.4, -0.2) is 28.8 Å². The van der Waals surface area contributed by atoms with Gasteiger partial charge in [0.15, 0.2) is 0 Å². The van der Waals surface area contributed by atoms with Gasteiger partial charge in [0.05, 0.1) is 6.42 Å². The first-order valence-corrected chi connectivity index (χ1v) is 10.8. The van der Waals surface area contributed by atoms with Gasteiger partial charge in [-0.1, -0.05) is 55.2 Å². The van der Waals surface area contributed by atoms with E-state index in [0.717, 1.165) is 6.42 Å². The number of hydrogen-bond donors (Lipinski definition) is 1. The smallest absolute Gasteiger partial charge is 0.243 e. The minimum absolute atomic E-state index is 0.00972. The quantitative estimate of drug-likeness (QED) is 0.553. The Hall–Kier alpha value is -2.11. The van der Waals surface area contributed by atoms with Crippen LogP contribution in [0.5, 0.6) is 0 Å². The zero-order valence-electron chi connectivity index (χ0n) is 17.4. The van der Waals surface area contributed by atoms with Gasteiger partial charge in [-0.2, -0.15) is 0 Å². The maximum atomic E-state index is 13.3. The van der Waals surface area contributed by atoms with Gasteiger partial charge in [0.1, 0.15) is 11.9 Å². The fourth-order valence-corrected chi connectivity index (χ4v) is 3.61. The largest absolute Gasteiger partial charge is 0.352 e. The highest BCUT2D eigenvalue weighted by atomic mass is 35.5. The lowest BCUT2D eigenvalue weighted by Crippen LogP contribution is -2.51. The molecule has 4 nitrogen and oxygen atoms in total. The molecule has 2 rings (SSSR count). The van der Waals surface area contributed by atoms with Crippen molar-refractivity contribution in [3.63, 3.8) is 0 Å². The van der Waals surface area contributed by atoms with Gasteiger partial charge in [-0.15, -0.1) is 0 Å². The first-order chi connectivity index (χ1) is 14.3. The van der Waals surface area contributed by atoms with Crippen LogP contribution in [0.3, 0.4) is 0 Å². The molecule has 0 saturated heterocycles. The molecule has 0 aliphatic rings. The monoisotopic (exact) mass is 452 g/mol. The van der Waals surface area contributed by atoms with Gasteiger partial charge < -0.3 is 10.2 Å². The number of amides is 2. The third kappa shape index (κ3) is 6.44. The fourth-order valence-electron chi connectivity index (χ4n) is 3.09. The molecule has 0 saturated carbocycles. The summed E-state index contributed by atoms with van der Waals surface area (Å²) in [6.07, 6.45) is 1.25. The van der Waals surface area contributed by atoms with E-state index in [1.165, 1.54) is 17.0 Å². The van der Waals surface area contributed by atoms with Gasteiger partial charge in [0, 0.05) is 28.2 Å². The molecule has 2 aromatic carbocycles. The Labute approximate surface area is 187 Å². The van der Waals surface area contributed by atoms with Crippen LogP contribution in [0.4, 0.5) is 4.39 Å². The van der Waals surface area contributed by atoms with Crippen LogP contribution in [0.25, 0.3) is 0 Å². The minimum Gasteiger partial charge on any atom is -0.352 e. The zero-order valence-corrected chi connectivity index (χ0v) is 18.9. The molecule has 0 aromatic heterocycles. The van der Waals surface area contributed by atoms with E-state index in [1.807, 2.05) is 20.8 Å². The molecule has 2 amide bonds. The van der Waals surface area contributed by atoms with Crippen LogP contribution in [0.1, 0.15) is 44.7 Å². The van der Waals surface area contributed by atoms with E-state index in [9.17, 15) is 14.0 Å². The molecule has 30 heavy (non-hydrogen) atoms. The Morgan fingerprint density at radius 2 is 1.63 bits per heavy atom. The maximum Gasteiger partial charge on any atom is 0.243 e. The van der Waals surface area contributed by atoms with Crippen LogP contribution in [0.2, 0.25) is 10.0 Å². The number of nitrogens with zero attached hydrogens (tertiary/aromatic N) is 1. The van der Waals surface area contributed by atoms with Crippen molar-refractivity contribution >= 4 is 35.0 Å². The molecule has 7 heteroatoms. The van der Waals surface area contributed by atoms with Crippen molar-refractivity contribution in [3.05, 3.63) is 69.5 Å². The van der Waals surface area contributed by atoms with E-state index in [0.29, 0.717) is 27.6 Å². The second kappa shape index (κ2) is 11.3. The number of carbonyl (C=O) groups is 2. The molecule has 0 aliphatic carbocycles. The number of rotatable bonds is 9. The third-order valence-electron chi connectivity index (χ3n) is 5.05. The number of benzene rings is 2. The number of hydrogen-bond acceptors (Lipinski definition) is 2. The first kappa shape index (κ1) is 24.2. The molecule has 0 heterocycles. The molecule has 0 bridgehead atoms. The van der Waals surface area contributed by atoms with Crippen molar-refractivity contribution in [1.29, 1.82) is 0 Å². The van der Waals surface area contributed by atoms with Crippen LogP contribution in [0.15, 0.2) is 42.5 Å². The third-order valence-corrected chi connectivity index (χ3v) is 5.75. The van der Waals surface area contributed by atoms with E-state index in [4.69, 9.17) is 23.2 Å². The Kier molecular flexibility index (Phi) is 9.12. The summed E-state index contributed by atoms with van der Waals surface area (Å²) in [6, 6.07) is 10.2. The molecule has 0 fully saturated rings. The predicted octanol–water partition coefficient (Wildman–Crippen LogP) is 5.40. The van der Waals surface area contributed by atoms with E-state index in [-0.39, 0.29) is 36.6 Å². The molecular weight excluding hydrogens is 426 g/mol. The highest BCUT2D eigenvalue weighted by molar-refractivity contribution is 6.36. The second-order valence-corrected chi connectivity index (χ2v) is 8.08. The SMILES string of the molecule is CC[C@@H](C)NC(=O)[C@H](CC)N(Cc1c(Cl)cccc1Cl)C(=O)Cc1ccc(F)cc1. The van der Waals surface area contributed by atoms with Crippen LogP contribution >= 0.6 is 23.2 Å². The molecule has 1 N–H and O–H groups in total. The van der Waals surface area contributed by atoms with E-state index in [2.05, 4.69) is 5.32 Å². The number of halogens is 3. The molecule has 0 radical (unpaired) electrons. The molecular formula is C23H27Cl2FN2O2. The topological polar surface area (TPSA) is 49.4 Å². The van der Waals surface area contributed by atoms with Crippen LogP contribution in [-0.2, 0) is 22.6 Å². The molecule has 0 aliphatic heterocycles. The first-order valence-electron chi connectivity index (χ1n) is 10.0. The number of nitrogens with one attached hydrogen (secondary N) is 1. The second-order valence-electron chi connectivity index (χ2n) is 7.27. The van der Waals surface area contributed by atoms with Crippen molar-refractivity contribution in [1.82, 2.24) is 10.2 Å². The highest BCUT2D eigenvalue weighted by Gasteiger charge is 2.30. The van der Waals surface area contributed by atoms with Gasteiger partial charge in [-0.25, -0.2) is 4.39 Å². The van der Waals surface area contributed by atoms with Gasteiger partial charge >= 0.3 is 0 Å². The van der Waals surface area contributed by atoms with E-state index in [1.54, 1.807) is 30.3 Å². The number of carbonyl (C=O) groups excluding carboxylic acids is 2. The van der Waals surface area contributed by atoms with Crippen molar-refractivity contribution in [2.75, 3.05) is 0 Å². The Morgan fingerprint density at radius 3 is 2.17 bits per heavy atom. The average Bonchev–Trinajstić information content (AvgIpc) is 2.71. The van der Waals surface area contributed by atoms with E-state index >= 15 is 0 Å². The summed E-state index contributed by atoms with van der Waals surface area (Å²) in [4.78, 5) is 27.7. The van der Waals surface area contributed by atoms with Crippen molar-refractivity contribution in [2.24, 2.45) is 0 Å². The van der Waals surface area contributed by atoms with Gasteiger partial charge in [-0.3, -0.25) is 9.59 Å². The van der Waals surface area contributed by atoms with Gasteiger partial charge in [-0.05, 0) is 49.6 Å². The molecule has 162 valence electrons. The molecule has 2 aromatic rings. The van der Waals surface area contributed by atoms with Crippen LogP contribution in [0, 0.1) is 5.82 Å². The predicted molar refractivity (Wildman–Crippen MR) is 119 cm³/mol. The van der Waals surface area contributed by atoms with Crippen LogP contribution < -0.4 is 5.32 Å². The fraction of sp³-hybridized carbons (Fsp3) is 0.391. The van der Waals surface area contributed by atoms with Crippen molar-refractivity contribution in [3.8, 4) is 0 Å². The minimum atomic E-state index is -0.681. The molecule has 2 atom stereocenters. The Bertz CT molecular complexity index is 854. The Morgan fingerprint density at radius 1 is 1.03 bits per heavy atom. The van der Waals surface area contributed by atoms with E-state index < -0.39 is 6.04 Å². The standard InChI is InChI=1S/C23H27Cl2FN2O2/c1-4-15(3)27-23(30)21(5-2)28(14-18-19(24)7-6-8-20(18)25)22(29)13-16-9-11-17(26)12-10-16/h6-12,15,21H,4-5,13-14H2,1-3H3,(H,27,30)/t15-,21+/m1/s1. The zero-order chi connectivity index (χ0) is 22.3. The summed E-state index contributed by atoms with van der Waals surface area (Å²) in [7, 11) is 0. The van der Waals surface area contributed by atoms with Gasteiger partial charge in [0.2, 0.25) is 11.8 Å².